The maximum atomic E-state index is 12.9. The average Bonchev–Trinajstić information content (AvgIpc) is 3.17. The summed E-state index contributed by atoms with van der Waals surface area (Å²) in [5, 5.41) is 17.8. The summed E-state index contributed by atoms with van der Waals surface area (Å²) in [6.45, 7) is 1.91. The Hall–Kier alpha value is -2.81. The molecule has 2 rings (SSSR count). The second-order valence-corrected chi connectivity index (χ2v) is 6.36. The summed E-state index contributed by atoms with van der Waals surface area (Å²) in [6.07, 6.45) is 6.82. The number of aromatic nitrogens is 1. The van der Waals surface area contributed by atoms with Gasteiger partial charge in [0.1, 0.15) is 11.9 Å². The number of hydrogen-bond acceptors (Lipinski definition) is 6. The predicted molar refractivity (Wildman–Crippen MR) is 98.8 cm³/mol. The quantitative estimate of drug-likeness (QED) is 0.279. The van der Waals surface area contributed by atoms with Crippen LogP contribution in [0.4, 0.5) is 5.82 Å². The number of amides is 3. The molecular formula is C18H25N5O4. The van der Waals surface area contributed by atoms with E-state index in [2.05, 4.69) is 15.4 Å². The second-order valence-electron chi connectivity index (χ2n) is 6.36. The average molecular weight is 375 g/mol. The van der Waals surface area contributed by atoms with Crippen LogP contribution >= 0.6 is 0 Å². The number of carbonyl (C=O) groups excluding carboxylic acids is 3. The van der Waals surface area contributed by atoms with Gasteiger partial charge in [0.15, 0.2) is 0 Å². The Bertz CT molecular complexity index is 667. The first kappa shape index (κ1) is 20.5. The highest BCUT2D eigenvalue weighted by molar-refractivity contribution is 5.99. The van der Waals surface area contributed by atoms with Crippen molar-refractivity contribution >= 4 is 30.3 Å². The zero-order chi connectivity index (χ0) is 19.6. The Balaban J connectivity index is 2.06. The molecule has 0 radical (unpaired) electrons. The number of unbranched alkanes of at least 4 members (excludes halogenated alkanes) is 2. The summed E-state index contributed by atoms with van der Waals surface area (Å²) in [6, 6.07) is 4.35. The molecule has 9 nitrogen and oxygen atoms in total. The van der Waals surface area contributed by atoms with Crippen LogP contribution in [-0.2, 0) is 14.4 Å². The van der Waals surface area contributed by atoms with E-state index in [1.54, 1.807) is 24.4 Å². The van der Waals surface area contributed by atoms with Crippen molar-refractivity contribution < 1.29 is 19.6 Å². The van der Waals surface area contributed by atoms with Crippen LogP contribution < -0.4 is 5.32 Å². The Morgan fingerprint density at radius 1 is 1.44 bits per heavy atom. The van der Waals surface area contributed by atoms with Gasteiger partial charge in [0.05, 0.1) is 12.5 Å². The van der Waals surface area contributed by atoms with Crippen LogP contribution in [0.1, 0.15) is 39.0 Å². The van der Waals surface area contributed by atoms with Gasteiger partial charge in [-0.1, -0.05) is 32.3 Å². The summed E-state index contributed by atoms with van der Waals surface area (Å²) < 4.78 is 0. The van der Waals surface area contributed by atoms with Crippen molar-refractivity contribution in [3.63, 3.8) is 0 Å². The Morgan fingerprint density at radius 3 is 2.93 bits per heavy atom. The van der Waals surface area contributed by atoms with E-state index in [1.807, 2.05) is 6.92 Å². The monoisotopic (exact) mass is 375 g/mol. The van der Waals surface area contributed by atoms with E-state index in [-0.39, 0.29) is 24.8 Å². The van der Waals surface area contributed by atoms with E-state index in [4.69, 9.17) is 0 Å². The molecule has 27 heavy (non-hydrogen) atoms. The highest BCUT2D eigenvalue weighted by atomic mass is 16.5. The molecule has 2 heterocycles. The van der Waals surface area contributed by atoms with Gasteiger partial charge in [-0.3, -0.25) is 19.6 Å². The molecule has 0 fully saturated rings. The van der Waals surface area contributed by atoms with Crippen LogP contribution in [0.25, 0.3) is 0 Å². The maximum Gasteiger partial charge on any atom is 0.250 e. The summed E-state index contributed by atoms with van der Waals surface area (Å²) in [4.78, 5) is 40.3. The van der Waals surface area contributed by atoms with Crippen LogP contribution in [0.5, 0.6) is 0 Å². The molecule has 2 N–H and O–H groups in total. The summed E-state index contributed by atoms with van der Waals surface area (Å²) >= 11 is 0. The first-order chi connectivity index (χ1) is 13.1. The fourth-order valence-corrected chi connectivity index (χ4v) is 2.88. The van der Waals surface area contributed by atoms with E-state index in [0.29, 0.717) is 23.7 Å². The smallest absolute Gasteiger partial charge is 0.250 e. The second kappa shape index (κ2) is 10.4. The van der Waals surface area contributed by atoms with Crippen LogP contribution in [0.2, 0.25) is 0 Å². The molecule has 1 aromatic rings. The Kier molecular flexibility index (Phi) is 7.87. The third-order valence-electron chi connectivity index (χ3n) is 4.31. The van der Waals surface area contributed by atoms with Crippen LogP contribution in [0.15, 0.2) is 29.5 Å². The molecule has 1 aliphatic heterocycles. The topological polar surface area (TPSA) is 115 Å². The first-order valence-electron chi connectivity index (χ1n) is 9.05. The zero-order valence-electron chi connectivity index (χ0n) is 15.3. The molecule has 0 saturated carbocycles. The molecule has 146 valence electrons. The van der Waals surface area contributed by atoms with E-state index in [9.17, 15) is 19.6 Å². The Morgan fingerprint density at radius 2 is 2.26 bits per heavy atom. The molecule has 0 aliphatic carbocycles. The van der Waals surface area contributed by atoms with Crippen molar-refractivity contribution in [1.29, 1.82) is 0 Å². The lowest BCUT2D eigenvalue weighted by molar-refractivity contribution is -0.158. The largest absolute Gasteiger partial charge is 0.309 e. The number of anilines is 1. The van der Waals surface area contributed by atoms with Gasteiger partial charge < -0.3 is 5.32 Å². The molecule has 0 bridgehead atoms. The van der Waals surface area contributed by atoms with Crippen molar-refractivity contribution in [3.05, 3.63) is 24.4 Å². The lowest BCUT2D eigenvalue weighted by Gasteiger charge is -2.26. The van der Waals surface area contributed by atoms with Gasteiger partial charge in [0, 0.05) is 18.8 Å². The fraction of sp³-hybridized carbons (Fsp3) is 0.500. The van der Waals surface area contributed by atoms with Crippen molar-refractivity contribution in [2.75, 3.05) is 11.9 Å². The molecule has 0 saturated heterocycles. The summed E-state index contributed by atoms with van der Waals surface area (Å²) in [7, 11) is 0. The van der Waals surface area contributed by atoms with Gasteiger partial charge in [-0.25, -0.2) is 15.1 Å². The van der Waals surface area contributed by atoms with Crippen molar-refractivity contribution in [2.24, 2.45) is 11.0 Å². The number of hydrogen-bond donors (Lipinski definition) is 2. The minimum absolute atomic E-state index is 0.132. The lowest BCUT2D eigenvalue weighted by Crippen LogP contribution is -2.46. The molecule has 2 atom stereocenters. The number of nitrogens with zero attached hydrogens (tertiary/aromatic N) is 4. The predicted octanol–water partition coefficient (Wildman–Crippen LogP) is 1.65. The van der Waals surface area contributed by atoms with Crippen LogP contribution in [0, 0.1) is 5.92 Å². The third kappa shape index (κ3) is 5.85. The van der Waals surface area contributed by atoms with Gasteiger partial charge >= 0.3 is 0 Å². The Labute approximate surface area is 158 Å². The van der Waals surface area contributed by atoms with Crippen LogP contribution in [-0.4, -0.2) is 57.3 Å². The van der Waals surface area contributed by atoms with Crippen LogP contribution in [0.3, 0.4) is 0 Å². The minimum Gasteiger partial charge on any atom is -0.309 e. The summed E-state index contributed by atoms with van der Waals surface area (Å²) in [5.41, 5.74) is 0. The van der Waals surface area contributed by atoms with Gasteiger partial charge in [-0.05, 0) is 18.6 Å². The number of hydroxylamine groups is 2. The standard InChI is InChI=1S/C18H25N5O4/c1-2-3-4-7-14(12-22(27)13-24)18(26)23-15(9-11-20-23)17(25)21-16-8-5-6-10-19-16/h5-6,8,10-11,13-15,27H,2-4,7,9,12H2,1H3,(H,19,21,25). The molecule has 0 spiro atoms. The molecular weight excluding hydrogens is 350 g/mol. The third-order valence-corrected chi connectivity index (χ3v) is 4.31. The van der Waals surface area contributed by atoms with Gasteiger partial charge in [-0.15, -0.1) is 0 Å². The first-order valence-corrected chi connectivity index (χ1v) is 9.05. The number of nitrogens with one attached hydrogen (secondary N) is 1. The zero-order valence-corrected chi connectivity index (χ0v) is 15.3. The minimum atomic E-state index is -0.781. The van der Waals surface area contributed by atoms with Gasteiger partial charge in [0.2, 0.25) is 12.3 Å². The maximum absolute atomic E-state index is 12.9. The highest BCUT2D eigenvalue weighted by Crippen LogP contribution is 2.21. The number of pyridine rings is 1. The molecule has 9 heteroatoms. The molecule has 2 unspecified atom stereocenters. The van der Waals surface area contributed by atoms with Crippen molar-refractivity contribution in [2.45, 2.75) is 45.1 Å². The molecule has 1 aromatic heterocycles. The van der Waals surface area contributed by atoms with Gasteiger partial charge in [0.25, 0.3) is 5.91 Å². The van der Waals surface area contributed by atoms with E-state index >= 15 is 0 Å². The molecule has 3 amide bonds. The number of carbonyl (C=O) groups is 3. The van der Waals surface area contributed by atoms with Crippen molar-refractivity contribution in [1.82, 2.24) is 15.1 Å². The fourth-order valence-electron chi connectivity index (χ4n) is 2.88. The lowest BCUT2D eigenvalue weighted by atomic mass is 9.99. The van der Waals surface area contributed by atoms with Gasteiger partial charge in [-0.2, -0.15) is 5.10 Å². The summed E-state index contributed by atoms with van der Waals surface area (Å²) in [5.74, 6) is -1.01. The number of rotatable bonds is 10. The van der Waals surface area contributed by atoms with E-state index in [1.165, 1.54) is 6.21 Å². The molecule has 1 aliphatic rings. The number of hydrazone groups is 1. The highest BCUT2D eigenvalue weighted by Gasteiger charge is 2.36. The SMILES string of the molecule is CCCCCC(CN(O)C=O)C(=O)N1N=CCC1C(=O)Nc1ccccn1. The van der Waals surface area contributed by atoms with Crippen molar-refractivity contribution in [3.8, 4) is 0 Å². The van der Waals surface area contributed by atoms with E-state index < -0.39 is 12.0 Å². The normalized spacial score (nSPS) is 16.8. The van der Waals surface area contributed by atoms with E-state index in [0.717, 1.165) is 24.3 Å². The molecule has 0 aromatic carbocycles.